The highest BCUT2D eigenvalue weighted by Crippen LogP contribution is 2.42. The topological polar surface area (TPSA) is 197 Å². The molecule has 13 nitrogen and oxygen atoms in total. The first-order valence-electron chi connectivity index (χ1n) is 18.0. The van der Waals surface area contributed by atoms with Gasteiger partial charge in [-0.05, 0) is 107 Å². The van der Waals surface area contributed by atoms with Gasteiger partial charge in [-0.2, -0.15) is 0 Å². The maximum Gasteiger partial charge on any atom is 0.411 e. The molecule has 0 bridgehead atoms. The van der Waals surface area contributed by atoms with E-state index in [-0.39, 0.29) is 64.7 Å². The molecule has 4 aromatic carbocycles. The van der Waals surface area contributed by atoms with Crippen LogP contribution in [0.3, 0.4) is 0 Å². The molecule has 3 aliphatic rings. The molecule has 4 aromatic rings. The zero-order valence-corrected chi connectivity index (χ0v) is 32.6. The Morgan fingerprint density at radius 3 is 2.48 bits per heavy atom. The molecular weight excluding hydrogens is 864 g/mol. The van der Waals surface area contributed by atoms with Crippen LogP contribution in [0, 0.1) is 9.39 Å². The van der Waals surface area contributed by atoms with E-state index in [1.54, 1.807) is 36.4 Å². The fraction of sp³-hybridized carbons (Fsp3) is 0.163. The SMILES string of the molecule is O=C(Nc1ccc(-c2c3ccc(=O)cc-3oc3cc(O)ccc23)c(C(=O)O)c1)OCCNC(=O)C1=C[C@H](Oc2ccccc2I)[C@@H](O)[C@H](NCc2ccc(F)cc2)C1. The molecule has 0 saturated carbocycles. The number of hydrogen-bond acceptors (Lipinski definition) is 10. The Bertz CT molecular complexity index is 2580. The summed E-state index contributed by atoms with van der Waals surface area (Å²) in [6.45, 7) is 0.00395. The molecule has 6 N–H and O–H groups in total. The number of nitrogens with one attached hydrogen (secondary N) is 3. The average Bonchev–Trinajstić information content (AvgIpc) is 3.20. The van der Waals surface area contributed by atoms with E-state index in [0.717, 1.165) is 9.13 Å². The zero-order valence-electron chi connectivity index (χ0n) is 30.4. The number of halogens is 2. The fourth-order valence-electron chi connectivity index (χ4n) is 6.70. The molecule has 1 heterocycles. The number of carbonyl (C=O) groups excluding carboxylic acids is 2. The molecule has 0 aromatic heterocycles. The number of amides is 2. The van der Waals surface area contributed by atoms with Crippen LogP contribution < -0.4 is 26.1 Å². The highest BCUT2D eigenvalue weighted by Gasteiger charge is 2.35. The third-order valence-corrected chi connectivity index (χ3v) is 10.4. The summed E-state index contributed by atoms with van der Waals surface area (Å²) in [5.74, 6) is -1.48. The van der Waals surface area contributed by atoms with E-state index < -0.39 is 36.2 Å². The maximum absolute atomic E-state index is 13.5. The molecule has 0 spiro atoms. The standard InChI is InChI=1S/C43H35FIN3O10/c44-25-7-5-23(6-8-25)22-47-34-17-24(18-38(40(34)51)57-35-4-2-1-3-33(35)45)41(52)46-15-16-56-43(55)48-26-9-12-29(32(19-26)42(53)54)39-30-13-10-27(49)20-36(30)58-37-21-28(50)11-14-31(37)39/h1-14,18-21,34,38,40,47,49,51H,15-17,22H2,(H,46,52)(H,48,55)(H,53,54)/t34-,38+,40+/m1/s1. The van der Waals surface area contributed by atoms with Crippen molar-refractivity contribution in [3.8, 4) is 33.9 Å². The van der Waals surface area contributed by atoms with Crippen LogP contribution in [0.1, 0.15) is 22.3 Å². The van der Waals surface area contributed by atoms with Gasteiger partial charge in [0.05, 0.1) is 15.7 Å². The van der Waals surface area contributed by atoms with Crippen molar-refractivity contribution in [1.82, 2.24) is 10.6 Å². The first-order chi connectivity index (χ1) is 27.9. The molecule has 1 aliphatic heterocycles. The lowest BCUT2D eigenvalue weighted by molar-refractivity contribution is -0.118. The number of phenolic OH excluding ortho intramolecular Hbond substituents is 1. The number of aliphatic hydroxyl groups excluding tert-OH is 1. The van der Waals surface area contributed by atoms with Crippen LogP contribution in [-0.4, -0.2) is 64.7 Å². The number of aromatic hydroxyl groups is 1. The zero-order chi connectivity index (χ0) is 40.9. The summed E-state index contributed by atoms with van der Waals surface area (Å²) in [6, 6.07) is 25.4. The van der Waals surface area contributed by atoms with Gasteiger partial charge in [-0.15, -0.1) is 0 Å². The van der Waals surface area contributed by atoms with Gasteiger partial charge in [-0.1, -0.05) is 30.3 Å². The number of anilines is 1. The van der Waals surface area contributed by atoms with Crippen LogP contribution in [0.15, 0.2) is 124 Å². The minimum Gasteiger partial charge on any atom is -0.508 e. The number of ether oxygens (including phenoxy) is 2. The van der Waals surface area contributed by atoms with Crippen molar-refractivity contribution in [1.29, 1.82) is 0 Å². The van der Waals surface area contributed by atoms with Crippen molar-refractivity contribution in [3.05, 3.63) is 146 Å². The second kappa shape index (κ2) is 17.5. The highest BCUT2D eigenvalue weighted by atomic mass is 127. The average molecular weight is 900 g/mol. The molecule has 2 amide bonds. The minimum absolute atomic E-state index is 0.0684. The van der Waals surface area contributed by atoms with Gasteiger partial charge in [0.2, 0.25) is 5.91 Å². The van der Waals surface area contributed by atoms with E-state index in [1.165, 1.54) is 60.7 Å². The Morgan fingerprint density at radius 1 is 0.931 bits per heavy atom. The van der Waals surface area contributed by atoms with Crippen molar-refractivity contribution < 1.29 is 48.0 Å². The van der Waals surface area contributed by atoms with E-state index in [1.807, 2.05) is 12.1 Å². The molecule has 296 valence electrons. The van der Waals surface area contributed by atoms with Crippen LogP contribution in [-0.2, 0) is 16.1 Å². The van der Waals surface area contributed by atoms with Gasteiger partial charge in [0.15, 0.2) is 5.43 Å². The quantitative estimate of drug-likeness (QED) is 0.0436. The van der Waals surface area contributed by atoms with E-state index in [2.05, 4.69) is 38.5 Å². The molecule has 7 rings (SSSR count). The van der Waals surface area contributed by atoms with Gasteiger partial charge in [-0.25, -0.2) is 14.0 Å². The smallest absolute Gasteiger partial charge is 0.411 e. The summed E-state index contributed by atoms with van der Waals surface area (Å²) in [7, 11) is 0. The molecule has 3 atom stereocenters. The van der Waals surface area contributed by atoms with Crippen molar-refractivity contribution in [2.24, 2.45) is 0 Å². The van der Waals surface area contributed by atoms with Crippen LogP contribution in [0.25, 0.3) is 33.4 Å². The molecule has 0 saturated heterocycles. The van der Waals surface area contributed by atoms with Gasteiger partial charge >= 0.3 is 12.1 Å². The van der Waals surface area contributed by atoms with Crippen molar-refractivity contribution in [2.45, 2.75) is 31.2 Å². The molecular formula is C43H35FIN3O10. The highest BCUT2D eigenvalue weighted by molar-refractivity contribution is 14.1. The Morgan fingerprint density at radius 2 is 1.71 bits per heavy atom. The van der Waals surface area contributed by atoms with Gasteiger partial charge in [0.1, 0.15) is 47.5 Å². The molecule has 0 radical (unpaired) electrons. The minimum atomic E-state index is -1.29. The molecule has 0 fully saturated rings. The molecule has 15 heteroatoms. The monoisotopic (exact) mass is 899 g/mol. The lowest BCUT2D eigenvalue weighted by Gasteiger charge is -2.34. The Balaban J connectivity index is 1.01. The van der Waals surface area contributed by atoms with Crippen molar-refractivity contribution in [2.75, 3.05) is 18.5 Å². The largest absolute Gasteiger partial charge is 0.508 e. The summed E-state index contributed by atoms with van der Waals surface area (Å²) in [4.78, 5) is 50.9. The van der Waals surface area contributed by atoms with Gasteiger partial charge in [0.25, 0.3) is 0 Å². The van der Waals surface area contributed by atoms with E-state index in [9.17, 15) is 38.9 Å². The number of benzene rings is 5. The summed E-state index contributed by atoms with van der Waals surface area (Å²) in [5, 5.41) is 40.6. The summed E-state index contributed by atoms with van der Waals surface area (Å²) in [5.41, 5.74) is 2.17. The van der Waals surface area contributed by atoms with Crippen LogP contribution in [0.2, 0.25) is 0 Å². The second-order valence-electron chi connectivity index (χ2n) is 13.4. The predicted octanol–water partition coefficient (Wildman–Crippen LogP) is 6.67. The maximum atomic E-state index is 13.5. The number of carboxylic acid groups (broad SMARTS) is 1. The first kappa shape index (κ1) is 39.9. The summed E-state index contributed by atoms with van der Waals surface area (Å²) < 4.78 is 31.6. The molecule has 0 unspecified atom stereocenters. The summed E-state index contributed by atoms with van der Waals surface area (Å²) >= 11 is 2.12. The normalized spacial score (nSPS) is 16.4. The number of carbonyl (C=O) groups is 3. The Hall–Kier alpha value is -6.30. The number of para-hydroxylation sites is 1. The van der Waals surface area contributed by atoms with Crippen molar-refractivity contribution in [3.63, 3.8) is 0 Å². The van der Waals surface area contributed by atoms with E-state index in [0.29, 0.717) is 34.4 Å². The number of fused-ring (bicyclic) bond motifs is 2. The van der Waals surface area contributed by atoms with Crippen LogP contribution in [0.5, 0.6) is 11.5 Å². The predicted molar refractivity (Wildman–Crippen MR) is 220 cm³/mol. The van der Waals surface area contributed by atoms with Crippen LogP contribution in [0.4, 0.5) is 14.9 Å². The molecule has 58 heavy (non-hydrogen) atoms. The van der Waals surface area contributed by atoms with Gasteiger partial charge < -0.3 is 39.8 Å². The van der Waals surface area contributed by atoms with Crippen LogP contribution >= 0.6 is 22.6 Å². The third kappa shape index (κ3) is 9.12. The number of phenols is 1. The molecule has 2 aliphatic carbocycles. The number of aromatic carboxylic acids is 1. The Labute approximate surface area is 343 Å². The van der Waals surface area contributed by atoms with Crippen molar-refractivity contribution >= 4 is 57.2 Å². The number of carboxylic acids is 1. The second-order valence-corrected chi connectivity index (χ2v) is 14.6. The number of aliphatic hydroxyl groups is 1. The summed E-state index contributed by atoms with van der Waals surface area (Å²) in [6.07, 6.45) is -1.10. The van der Waals surface area contributed by atoms with E-state index >= 15 is 0 Å². The lowest BCUT2D eigenvalue weighted by Crippen LogP contribution is -2.51. The third-order valence-electron chi connectivity index (χ3n) is 9.49. The Kier molecular flexibility index (Phi) is 12.0. The lowest BCUT2D eigenvalue weighted by atomic mass is 9.89. The van der Waals surface area contributed by atoms with Gasteiger partial charge in [0, 0.05) is 52.5 Å². The number of hydrogen-bond donors (Lipinski definition) is 6. The van der Waals surface area contributed by atoms with E-state index in [4.69, 9.17) is 13.9 Å². The first-order valence-corrected chi connectivity index (χ1v) is 19.1. The fourth-order valence-corrected chi connectivity index (χ4v) is 7.21. The van der Waals surface area contributed by atoms with Gasteiger partial charge in [-0.3, -0.25) is 14.9 Å². The number of rotatable bonds is 12.